The van der Waals surface area contributed by atoms with Gasteiger partial charge in [0.2, 0.25) is 5.43 Å². The highest BCUT2D eigenvalue weighted by Crippen LogP contribution is 2.14. The van der Waals surface area contributed by atoms with Crippen LogP contribution in [0, 0.1) is 12.7 Å². The summed E-state index contributed by atoms with van der Waals surface area (Å²) in [7, 11) is 0. The van der Waals surface area contributed by atoms with Crippen LogP contribution in [-0.2, 0) is 6.54 Å². The standard InChI is InChI=1S/C24H25FN4O2/c1-18-16-22(30)23(26-29(18)21-11-6-5-10-20(21)25)24(31)28-13-7-12-27(14-15-28)17-19-8-3-2-4-9-19/h2-6,8-11,16H,7,12-15,17H2,1H3. The van der Waals surface area contributed by atoms with Crippen LogP contribution in [0.2, 0.25) is 0 Å². The summed E-state index contributed by atoms with van der Waals surface area (Å²) >= 11 is 0. The zero-order valence-electron chi connectivity index (χ0n) is 17.5. The molecule has 0 unspecified atom stereocenters. The number of halogens is 1. The highest BCUT2D eigenvalue weighted by atomic mass is 19.1. The summed E-state index contributed by atoms with van der Waals surface area (Å²) in [5.41, 5.74) is 1.29. The third-order valence-corrected chi connectivity index (χ3v) is 5.52. The van der Waals surface area contributed by atoms with Gasteiger partial charge in [-0.05, 0) is 31.0 Å². The first-order valence-electron chi connectivity index (χ1n) is 10.4. The summed E-state index contributed by atoms with van der Waals surface area (Å²) in [4.78, 5) is 29.7. The number of nitrogens with zero attached hydrogens (tertiary/aromatic N) is 4. The Balaban J connectivity index is 1.53. The predicted octanol–water partition coefficient (Wildman–Crippen LogP) is 3.03. The molecular formula is C24H25FN4O2. The number of aryl methyl sites for hydroxylation is 1. The highest BCUT2D eigenvalue weighted by Gasteiger charge is 2.24. The topological polar surface area (TPSA) is 58.4 Å². The van der Waals surface area contributed by atoms with Crippen molar-refractivity contribution < 1.29 is 9.18 Å². The first-order chi connectivity index (χ1) is 15.0. The van der Waals surface area contributed by atoms with Gasteiger partial charge in [-0.3, -0.25) is 14.5 Å². The Kier molecular flexibility index (Phi) is 6.23. The van der Waals surface area contributed by atoms with E-state index in [-0.39, 0.29) is 11.4 Å². The van der Waals surface area contributed by atoms with Crippen LogP contribution in [-0.4, -0.2) is 51.7 Å². The zero-order valence-corrected chi connectivity index (χ0v) is 17.5. The zero-order chi connectivity index (χ0) is 21.8. The van der Waals surface area contributed by atoms with Gasteiger partial charge in [-0.15, -0.1) is 0 Å². The first-order valence-corrected chi connectivity index (χ1v) is 10.4. The SMILES string of the molecule is Cc1cc(=O)c(C(=O)N2CCCN(Cc3ccccc3)CC2)nn1-c1ccccc1F. The lowest BCUT2D eigenvalue weighted by atomic mass is 10.2. The van der Waals surface area contributed by atoms with E-state index in [1.165, 1.54) is 22.4 Å². The fourth-order valence-corrected chi connectivity index (χ4v) is 3.89. The molecule has 0 aliphatic carbocycles. The minimum Gasteiger partial charge on any atom is -0.336 e. The molecule has 1 aromatic heterocycles. The van der Waals surface area contributed by atoms with Crippen molar-refractivity contribution in [1.29, 1.82) is 0 Å². The van der Waals surface area contributed by atoms with Gasteiger partial charge in [0.1, 0.15) is 11.5 Å². The molecule has 6 nitrogen and oxygen atoms in total. The summed E-state index contributed by atoms with van der Waals surface area (Å²) in [6, 6.07) is 17.7. The molecule has 2 heterocycles. The summed E-state index contributed by atoms with van der Waals surface area (Å²) in [6.07, 6.45) is 0.811. The number of hydrogen-bond acceptors (Lipinski definition) is 4. The lowest BCUT2D eigenvalue weighted by molar-refractivity contribution is 0.0751. The van der Waals surface area contributed by atoms with E-state index in [1.807, 2.05) is 18.2 Å². The van der Waals surface area contributed by atoms with Crippen molar-refractivity contribution in [1.82, 2.24) is 19.6 Å². The van der Waals surface area contributed by atoms with Crippen molar-refractivity contribution in [3.8, 4) is 5.69 Å². The van der Waals surface area contributed by atoms with Crippen LogP contribution in [0.25, 0.3) is 5.69 Å². The van der Waals surface area contributed by atoms with Crippen molar-refractivity contribution in [2.75, 3.05) is 26.2 Å². The molecule has 3 aromatic rings. The van der Waals surface area contributed by atoms with Crippen LogP contribution >= 0.6 is 0 Å². The summed E-state index contributed by atoms with van der Waals surface area (Å²) in [6.45, 7) is 5.15. The van der Waals surface area contributed by atoms with Crippen molar-refractivity contribution in [2.45, 2.75) is 19.9 Å². The fraction of sp³-hybridized carbons (Fsp3) is 0.292. The number of hydrogen-bond donors (Lipinski definition) is 0. The first kappa shape index (κ1) is 20.9. The third kappa shape index (κ3) is 4.72. The van der Waals surface area contributed by atoms with E-state index in [1.54, 1.807) is 30.0 Å². The molecule has 0 spiro atoms. The molecule has 0 radical (unpaired) electrons. The predicted molar refractivity (Wildman–Crippen MR) is 117 cm³/mol. The smallest absolute Gasteiger partial charge is 0.278 e. The molecule has 7 heteroatoms. The molecule has 1 aliphatic rings. The van der Waals surface area contributed by atoms with E-state index in [9.17, 15) is 14.0 Å². The normalized spacial score (nSPS) is 15.0. The van der Waals surface area contributed by atoms with E-state index in [4.69, 9.17) is 0 Å². The Morgan fingerprint density at radius 3 is 2.52 bits per heavy atom. The fourth-order valence-electron chi connectivity index (χ4n) is 3.89. The van der Waals surface area contributed by atoms with E-state index in [0.29, 0.717) is 25.3 Å². The lowest BCUT2D eigenvalue weighted by Gasteiger charge is -2.22. The second-order valence-corrected chi connectivity index (χ2v) is 7.77. The average Bonchev–Trinajstić information content (AvgIpc) is 3.00. The van der Waals surface area contributed by atoms with E-state index in [2.05, 4.69) is 22.1 Å². The molecule has 31 heavy (non-hydrogen) atoms. The molecule has 0 N–H and O–H groups in total. The summed E-state index contributed by atoms with van der Waals surface area (Å²) in [5, 5.41) is 4.25. The molecule has 4 rings (SSSR count). The van der Waals surface area contributed by atoms with Gasteiger partial charge in [-0.25, -0.2) is 9.07 Å². The van der Waals surface area contributed by atoms with Crippen LogP contribution in [0.1, 0.15) is 28.2 Å². The number of rotatable bonds is 4. The van der Waals surface area contributed by atoms with Gasteiger partial charge in [-0.2, -0.15) is 5.10 Å². The van der Waals surface area contributed by atoms with Crippen molar-refractivity contribution in [3.05, 3.63) is 93.7 Å². The molecule has 0 bridgehead atoms. The third-order valence-electron chi connectivity index (χ3n) is 5.52. The van der Waals surface area contributed by atoms with Crippen LogP contribution in [0.3, 0.4) is 0 Å². The van der Waals surface area contributed by atoms with Crippen LogP contribution in [0.5, 0.6) is 0 Å². The molecule has 2 aromatic carbocycles. The summed E-state index contributed by atoms with van der Waals surface area (Å²) in [5.74, 6) is -0.872. The van der Waals surface area contributed by atoms with Crippen LogP contribution < -0.4 is 5.43 Å². The minimum absolute atomic E-state index is 0.176. The number of amides is 1. The Morgan fingerprint density at radius 2 is 1.74 bits per heavy atom. The van der Waals surface area contributed by atoms with Gasteiger partial charge in [0.25, 0.3) is 5.91 Å². The van der Waals surface area contributed by atoms with Gasteiger partial charge in [0, 0.05) is 44.5 Å². The second-order valence-electron chi connectivity index (χ2n) is 7.77. The molecule has 1 saturated heterocycles. The maximum absolute atomic E-state index is 14.3. The Bertz CT molecular complexity index is 1130. The van der Waals surface area contributed by atoms with Gasteiger partial charge in [-0.1, -0.05) is 42.5 Å². The van der Waals surface area contributed by atoms with Crippen LogP contribution in [0.15, 0.2) is 65.5 Å². The van der Waals surface area contributed by atoms with E-state index < -0.39 is 17.2 Å². The number of carbonyl (C=O) groups excluding carboxylic acids is 1. The summed E-state index contributed by atoms with van der Waals surface area (Å²) < 4.78 is 15.6. The molecule has 160 valence electrons. The quantitative estimate of drug-likeness (QED) is 0.651. The van der Waals surface area contributed by atoms with Crippen LogP contribution in [0.4, 0.5) is 4.39 Å². The van der Waals surface area contributed by atoms with Crippen molar-refractivity contribution in [2.24, 2.45) is 0 Å². The van der Waals surface area contributed by atoms with Gasteiger partial charge < -0.3 is 4.90 Å². The lowest BCUT2D eigenvalue weighted by Crippen LogP contribution is -2.38. The molecule has 0 saturated carbocycles. The monoisotopic (exact) mass is 420 g/mol. The second kappa shape index (κ2) is 9.22. The Labute approximate surface area is 180 Å². The number of benzene rings is 2. The van der Waals surface area contributed by atoms with Gasteiger partial charge in [0.05, 0.1) is 0 Å². The van der Waals surface area contributed by atoms with E-state index in [0.717, 1.165) is 19.5 Å². The van der Waals surface area contributed by atoms with E-state index >= 15 is 0 Å². The minimum atomic E-state index is -0.466. The molecular weight excluding hydrogens is 395 g/mol. The molecule has 1 amide bonds. The molecule has 1 aliphatic heterocycles. The Morgan fingerprint density at radius 1 is 1.00 bits per heavy atom. The number of aromatic nitrogens is 2. The largest absolute Gasteiger partial charge is 0.336 e. The van der Waals surface area contributed by atoms with Crippen molar-refractivity contribution >= 4 is 5.91 Å². The van der Waals surface area contributed by atoms with Crippen molar-refractivity contribution in [3.63, 3.8) is 0 Å². The number of carbonyl (C=O) groups is 1. The molecule has 1 fully saturated rings. The maximum Gasteiger partial charge on any atom is 0.278 e. The Hall–Kier alpha value is -3.32. The van der Waals surface area contributed by atoms with Gasteiger partial charge in [0.15, 0.2) is 5.69 Å². The maximum atomic E-state index is 14.3. The number of para-hydroxylation sites is 1. The highest BCUT2D eigenvalue weighted by molar-refractivity contribution is 5.92. The average molecular weight is 420 g/mol. The van der Waals surface area contributed by atoms with Gasteiger partial charge >= 0.3 is 0 Å². The molecule has 0 atom stereocenters.